The van der Waals surface area contributed by atoms with E-state index in [0.29, 0.717) is 18.4 Å². The summed E-state index contributed by atoms with van der Waals surface area (Å²) < 4.78 is 0. The number of aromatic nitrogens is 1. The Morgan fingerprint density at radius 3 is 2.90 bits per heavy atom. The van der Waals surface area contributed by atoms with Crippen molar-refractivity contribution in [3.05, 3.63) is 36.0 Å². The third-order valence-electron chi connectivity index (χ3n) is 4.50. The first kappa shape index (κ1) is 14.1. The van der Waals surface area contributed by atoms with Gasteiger partial charge in [-0.1, -0.05) is 25.1 Å². The van der Waals surface area contributed by atoms with Crippen LogP contribution in [0.15, 0.2) is 30.5 Å². The number of nitrogens with zero attached hydrogens (tertiary/aromatic N) is 1. The van der Waals surface area contributed by atoms with Crippen molar-refractivity contribution in [1.82, 2.24) is 9.88 Å². The zero-order valence-electron chi connectivity index (χ0n) is 12.7. The second-order valence-electron chi connectivity index (χ2n) is 6.35. The van der Waals surface area contributed by atoms with Crippen molar-refractivity contribution >= 4 is 16.8 Å². The molecule has 21 heavy (non-hydrogen) atoms. The van der Waals surface area contributed by atoms with Gasteiger partial charge in [-0.2, -0.15) is 0 Å². The van der Waals surface area contributed by atoms with Crippen molar-refractivity contribution in [2.45, 2.75) is 38.8 Å². The van der Waals surface area contributed by atoms with Gasteiger partial charge in [0.1, 0.15) is 0 Å². The van der Waals surface area contributed by atoms with E-state index in [-0.39, 0.29) is 5.91 Å². The van der Waals surface area contributed by atoms with Crippen molar-refractivity contribution in [3.8, 4) is 0 Å². The first-order chi connectivity index (χ1) is 10.1. The van der Waals surface area contributed by atoms with E-state index >= 15 is 0 Å². The lowest BCUT2D eigenvalue weighted by Gasteiger charge is -2.25. The lowest BCUT2D eigenvalue weighted by Crippen LogP contribution is -2.46. The van der Waals surface area contributed by atoms with Gasteiger partial charge >= 0.3 is 0 Å². The molecular weight excluding hydrogens is 262 g/mol. The summed E-state index contributed by atoms with van der Waals surface area (Å²) in [7, 11) is 0. The molecule has 1 amide bonds. The molecule has 1 saturated heterocycles. The Morgan fingerprint density at radius 1 is 1.43 bits per heavy atom. The summed E-state index contributed by atoms with van der Waals surface area (Å²) in [6.45, 7) is 5.14. The first-order valence-electron chi connectivity index (χ1n) is 7.67. The number of carbonyl (C=O) groups excluding carboxylic acids is 1. The molecule has 2 heterocycles. The Labute approximate surface area is 125 Å². The maximum atomic E-state index is 12.6. The third-order valence-corrected chi connectivity index (χ3v) is 4.50. The van der Waals surface area contributed by atoms with E-state index in [4.69, 9.17) is 5.73 Å². The number of hydrogen-bond donors (Lipinski definition) is 2. The summed E-state index contributed by atoms with van der Waals surface area (Å²) in [4.78, 5) is 17.7. The molecule has 0 spiro atoms. The third kappa shape index (κ3) is 2.68. The highest BCUT2D eigenvalue weighted by Crippen LogP contribution is 2.24. The van der Waals surface area contributed by atoms with E-state index in [0.717, 1.165) is 29.4 Å². The molecule has 0 aliphatic carbocycles. The highest BCUT2D eigenvalue weighted by Gasteiger charge is 2.32. The summed E-state index contributed by atoms with van der Waals surface area (Å²) in [6, 6.07) is 7.96. The number of H-pyrrole nitrogens is 1. The smallest absolute Gasteiger partial charge is 0.240 e. The fraction of sp³-hybridized carbons (Fsp3) is 0.471. The van der Waals surface area contributed by atoms with Crippen LogP contribution in [0.4, 0.5) is 0 Å². The Morgan fingerprint density at radius 2 is 2.19 bits per heavy atom. The van der Waals surface area contributed by atoms with Crippen LogP contribution in [0, 0.1) is 5.92 Å². The maximum absolute atomic E-state index is 12.6. The van der Waals surface area contributed by atoms with E-state index in [2.05, 4.69) is 24.9 Å². The fourth-order valence-corrected chi connectivity index (χ4v) is 3.44. The number of nitrogens with one attached hydrogen (secondary N) is 1. The quantitative estimate of drug-likeness (QED) is 0.909. The van der Waals surface area contributed by atoms with Gasteiger partial charge in [0, 0.05) is 29.7 Å². The number of rotatable bonds is 3. The normalized spacial score (nSPS) is 23.7. The molecule has 1 fully saturated rings. The molecule has 1 aromatic heterocycles. The second kappa shape index (κ2) is 5.53. The number of aromatic amines is 1. The molecule has 2 unspecified atom stereocenters. The van der Waals surface area contributed by atoms with Gasteiger partial charge in [-0.05, 0) is 37.3 Å². The molecule has 3 atom stereocenters. The summed E-state index contributed by atoms with van der Waals surface area (Å²) in [5.41, 5.74) is 8.39. The molecule has 3 rings (SSSR count). The highest BCUT2D eigenvalue weighted by atomic mass is 16.2. The van der Waals surface area contributed by atoms with Crippen LogP contribution >= 0.6 is 0 Å². The van der Waals surface area contributed by atoms with Gasteiger partial charge in [0.2, 0.25) is 5.91 Å². The minimum absolute atomic E-state index is 0.0807. The van der Waals surface area contributed by atoms with Crippen LogP contribution in [-0.4, -0.2) is 34.4 Å². The van der Waals surface area contributed by atoms with Crippen LogP contribution in [0.2, 0.25) is 0 Å². The second-order valence-corrected chi connectivity index (χ2v) is 6.35. The van der Waals surface area contributed by atoms with Gasteiger partial charge in [-0.3, -0.25) is 4.79 Å². The minimum Gasteiger partial charge on any atom is -0.361 e. The average Bonchev–Trinajstić information content (AvgIpc) is 3.02. The lowest BCUT2D eigenvalue weighted by atomic mass is 10.0. The zero-order valence-corrected chi connectivity index (χ0v) is 12.7. The Kier molecular flexibility index (Phi) is 3.72. The monoisotopic (exact) mass is 285 g/mol. The molecule has 4 nitrogen and oxygen atoms in total. The lowest BCUT2D eigenvalue weighted by molar-refractivity contribution is -0.133. The van der Waals surface area contributed by atoms with Crippen LogP contribution in [-0.2, 0) is 11.2 Å². The molecule has 1 aliphatic heterocycles. The number of nitrogens with two attached hydrogens (primary N) is 1. The maximum Gasteiger partial charge on any atom is 0.240 e. The number of likely N-dealkylation sites (tertiary alicyclic amines) is 1. The van der Waals surface area contributed by atoms with Crippen LogP contribution in [0.5, 0.6) is 0 Å². The molecule has 3 N–H and O–H groups in total. The minimum atomic E-state index is -0.461. The zero-order chi connectivity index (χ0) is 15.0. The van der Waals surface area contributed by atoms with Crippen molar-refractivity contribution in [2.24, 2.45) is 11.7 Å². The highest BCUT2D eigenvalue weighted by molar-refractivity contribution is 5.86. The molecule has 0 saturated carbocycles. The number of fused-ring (bicyclic) bond motifs is 1. The van der Waals surface area contributed by atoms with E-state index in [1.54, 1.807) is 0 Å². The first-order valence-corrected chi connectivity index (χ1v) is 7.67. The van der Waals surface area contributed by atoms with Crippen molar-refractivity contribution in [2.75, 3.05) is 6.54 Å². The number of hydrogen-bond acceptors (Lipinski definition) is 2. The van der Waals surface area contributed by atoms with Gasteiger partial charge in [0.15, 0.2) is 0 Å². The molecule has 1 aromatic carbocycles. The summed E-state index contributed by atoms with van der Waals surface area (Å²) in [5.74, 6) is 0.654. The van der Waals surface area contributed by atoms with E-state index < -0.39 is 6.04 Å². The molecular formula is C17H23N3O. The average molecular weight is 285 g/mol. The largest absolute Gasteiger partial charge is 0.361 e. The predicted octanol–water partition coefficient (Wildman–Crippen LogP) is 2.29. The predicted molar refractivity (Wildman–Crippen MR) is 84.9 cm³/mol. The van der Waals surface area contributed by atoms with E-state index in [1.165, 1.54) is 0 Å². The Balaban J connectivity index is 1.74. The fourth-order valence-electron chi connectivity index (χ4n) is 3.44. The SMILES string of the molecule is CC1CC(C)N(C(=O)[C@H](N)Cc2c[nH]c3ccccc23)C1. The molecule has 0 radical (unpaired) electrons. The van der Waals surface area contributed by atoms with Crippen molar-refractivity contribution < 1.29 is 4.79 Å². The number of benzene rings is 1. The Hall–Kier alpha value is -1.81. The Bertz CT molecular complexity index is 648. The summed E-state index contributed by atoms with van der Waals surface area (Å²) in [6.07, 6.45) is 3.62. The van der Waals surface area contributed by atoms with Crippen LogP contribution in [0.25, 0.3) is 10.9 Å². The van der Waals surface area contributed by atoms with Gasteiger partial charge in [-0.15, -0.1) is 0 Å². The van der Waals surface area contributed by atoms with Gasteiger partial charge in [-0.25, -0.2) is 0 Å². The molecule has 2 aromatic rings. The molecule has 1 aliphatic rings. The van der Waals surface area contributed by atoms with Crippen LogP contribution in [0.3, 0.4) is 0 Å². The number of amides is 1. The number of para-hydroxylation sites is 1. The van der Waals surface area contributed by atoms with Gasteiger partial charge in [0.25, 0.3) is 0 Å². The molecule has 112 valence electrons. The van der Waals surface area contributed by atoms with E-state index in [1.807, 2.05) is 29.3 Å². The van der Waals surface area contributed by atoms with E-state index in [9.17, 15) is 4.79 Å². The van der Waals surface area contributed by atoms with Gasteiger partial charge in [0.05, 0.1) is 6.04 Å². The van der Waals surface area contributed by atoms with Crippen LogP contribution in [0.1, 0.15) is 25.8 Å². The summed E-state index contributed by atoms with van der Waals surface area (Å²) >= 11 is 0. The summed E-state index contributed by atoms with van der Waals surface area (Å²) in [5, 5.41) is 1.16. The number of carbonyl (C=O) groups is 1. The standard InChI is InChI=1S/C17H23N3O/c1-11-7-12(2)20(10-11)17(21)15(18)8-13-9-19-16-6-4-3-5-14(13)16/h3-6,9,11-12,15,19H,7-8,10,18H2,1-2H3/t11?,12?,15-/m1/s1. The molecule has 0 bridgehead atoms. The van der Waals surface area contributed by atoms with Gasteiger partial charge < -0.3 is 15.6 Å². The van der Waals surface area contributed by atoms with Crippen molar-refractivity contribution in [3.63, 3.8) is 0 Å². The van der Waals surface area contributed by atoms with Crippen LogP contribution < -0.4 is 5.73 Å². The topological polar surface area (TPSA) is 62.1 Å². The van der Waals surface area contributed by atoms with Crippen molar-refractivity contribution in [1.29, 1.82) is 0 Å². The molecule has 4 heteroatoms.